The van der Waals surface area contributed by atoms with Gasteiger partial charge in [-0.3, -0.25) is 4.79 Å². The van der Waals surface area contributed by atoms with Crippen molar-refractivity contribution in [3.05, 3.63) is 88.0 Å². The number of amides is 1. The van der Waals surface area contributed by atoms with Crippen molar-refractivity contribution in [3.63, 3.8) is 0 Å². The SMILES string of the molecule is O=C(Nc1ccc(Br)cn1)c1cccc(NCc2ccccc2C(F)(F)F)c1. The van der Waals surface area contributed by atoms with Crippen molar-refractivity contribution < 1.29 is 18.0 Å². The van der Waals surface area contributed by atoms with E-state index in [9.17, 15) is 18.0 Å². The summed E-state index contributed by atoms with van der Waals surface area (Å²) >= 11 is 3.27. The summed E-state index contributed by atoms with van der Waals surface area (Å²) in [5.41, 5.74) is 0.342. The molecule has 28 heavy (non-hydrogen) atoms. The number of pyridine rings is 1. The standard InChI is InChI=1S/C20H15BrF3N3O/c21-15-8-9-18(26-12-15)27-19(28)13-5-3-6-16(10-13)25-11-14-4-1-2-7-17(14)20(22,23)24/h1-10,12,25H,11H2,(H,26,27,28). The molecule has 144 valence electrons. The molecule has 3 rings (SSSR count). The topological polar surface area (TPSA) is 54.0 Å². The number of carbonyl (C=O) groups is 1. The summed E-state index contributed by atoms with van der Waals surface area (Å²) in [6, 6.07) is 15.3. The first-order chi connectivity index (χ1) is 13.3. The number of nitrogens with one attached hydrogen (secondary N) is 2. The Kier molecular flexibility index (Phi) is 5.99. The van der Waals surface area contributed by atoms with Crippen molar-refractivity contribution in [3.8, 4) is 0 Å². The molecule has 2 N–H and O–H groups in total. The Morgan fingerprint density at radius 1 is 1.04 bits per heavy atom. The van der Waals surface area contributed by atoms with Gasteiger partial charge < -0.3 is 10.6 Å². The average molecular weight is 450 g/mol. The zero-order chi connectivity index (χ0) is 20.1. The van der Waals surface area contributed by atoms with Crippen molar-refractivity contribution >= 4 is 33.3 Å². The second-order valence-electron chi connectivity index (χ2n) is 5.91. The molecule has 0 aliphatic rings. The van der Waals surface area contributed by atoms with E-state index in [2.05, 4.69) is 31.5 Å². The second-order valence-corrected chi connectivity index (χ2v) is 6.82. The Labute approximate surface area is 167 Å². The van der Waals surface area contributed by atoms with Gasteiger partial charge in [0.25, 0.3) is 5.91 Å². The predicted molar refractivity (Wildman–Crippen MR) is 105 cm³/mol. The molecule has 2 aromatic carbocycles. The van der Waals surface area contributed by atoms with E-state index >= 15 is 0 Å². The van der Waals surface area contributed by atoms with Gasteiger partial charge in [-0.2, -0.15) is 13.2 Å². The van der Waals surface area contributed by atoms with Gasteiger partial charge in [0.15, 0.2) is 0 Å². The van der Waals surface area contributed by atoms with Crippen LogP contribution in [0.3, 0.4) is 0 Å². The molecule has 8 heteroatoms. The molecule has 3 aromatic rings. The van der Waals surface area contributed by atoms with Crippen LogP contribution in [0.15, 0.2) is 71.3 Å². The number of rotatable bonds is 5. The van der Waals surface area contributed by atoms with Crippen LogP contribution in [-0.4, -0.2) is 10.9 Å². The van der Waals surface area contributed by atoms with Crippen molar-refractivity contribution in [2.24, 2.45) is 0 Å². The number of nitrogens with zero attached hydrogens (tertiary/aromatic N) is 1. The lowest BCUT2D eigenvalue weighted by molar-refractivity contribution is -0.138. The molecule has 1 amide bonds. The Morgan fingerprint density at radius 2 is 1.82 bits per heavy atom. The molecule has 0 aliphatic heterocycles. The van der Waals surface area contributed by atoms with Gasteiger partial charge in [0, 0.05) is 28.5 Å². The molecule has 1 aromatic heterocycles. The van der Waals surface area contributed by atoms with Crippen LogP contribution in [0.4, 0.5) is 24.7 Å². The summed E-state index contributed by atoms with van der Waals surface area (Å²) in [7, 11) is 0. The number of alkyl halides is 3. The van der Waals surface area contributed by atoms with Crippen LogP contribution in [0, 0.1) is 0 Å². The smallest absolute Gasteiger partial charge is 0.381 e. The van der Waals surface area contributed by atoms with E-state index in [1.165, 1.54) is 12.1 Å². The third-order valence-electron chi connectivity index (χ3n) is 3.90. The normalized spacial score (nSPS) is 11.1. The largest absolute Gasteiger partial charge is 0.416 e. The fraction of sp³-hybridized carbons (Fsp3) is 0.100. The molecule has 4 nitrogen and oxygen atoms in total. The zero-order valence-electron chi connectivity index (χ0n) is 14.4. The van der Waals surface area contributed by atoms with Gasteiger partial charge in [0.05, 0.1) is 5.56 Å². The van der Waals surface area contributed by atoms with E-state index in [-0.39, 0.29) is 18.0 Å². The van der Waals surface area contributed by atoms with Crippen molar-refractivity contribution in [1.82, 2.24) is 4.98 Å². The van der Waals surface area contributed by atoms with Gasteiger partial charge in [-0.25, -0.2) is 4.98 Å². The molecule has 0 radical (unpaired) electrons. The van der Waals surface area contributed by atoms with Gasteiger partial charge in [0.2, 0.25) is 0 Å². The fourth-order valence-electron chi connectivity index (χ4n) is 2.56. The van der Waals surface area contributed by atoms with Crippen LogP contribution in [0.25, 0.3) is 0 Å². The maximum atomic E-state index is 13.1. The molecule has 0 atom stereocenters. The van der Waals surface area contributed by atoms with Gasteiger partial charge in [-0.1, -0.05) is 24.3 Å². The first-order valence-electron chi connectivity index (χ1n) is 8.25. The van der Waals surface area contributed by atoms with E-state index < -0.39 is 11.7 Å². The van der Waals surface area contributed by atoms with Crippen molar-refractivity contribution in [1.29, 1.82) is 0 Å². The zero-order valence-corrected chi connectivity index (χ0v) is 16.0. The van der Waals surface area contributed by atoms with Crippen molar-refractivity contribution in [2.75, 3.05) is 10.6 Å². The molecule has 0 saturated heterocycles. The first kappa shape index (κ1) is 19.9. The average Bonchev–Trinajstić information content (AvgIpc) is 2.68. The van der Waals surface area contributed by atoms with Gasteiger partial charge >= 0.3 is 6.18 Å². The van der Waals surface area contributed by atoms with Crippen LogP contribution in [0.2, 0.25) is 0 Å². The summed E-state index contributed by atoms with van der Waals surface area (Å²) in [6.07, 6.45) is -2.86. The minimum absolute atomic E-state index is 0.0188. The summed E-state index contributed by atoms with van der Waals surface area (Å²) in [5, 5.41) is 5.61. The van der Waals surface area contributed by atoms with Crippen LogP contribution >= 0.6 is 15.9 Å². The minimum atomic E-state index is -4.42. The number of halogens is 4. The maximum absolute atomic E-state index is 13.1. The molecule has 0 saturated carbocycles. The van der Waals surface area contributed by atoms with Gasteiger partial charge in [0.1, 0.15) is 5.82 Å². The van der Waals surface area contributed by atoms with Crippen LogP contribution < -0.4 is 10.6 Å². The lowest BCUT2D eigenvalue weighted by Crippen LogP contribution is -2.14. The van der Waals surface area contributed by atoms with E-state index in [1.54, 1.807) is 48.7 Å². The van der Waals surface area contributed by atoms with E-state index in [0.717, 1.165) is 10.5 Å². The molecule has 0 bridgehead atoms. The number of carbonyl (C=O) groups excluding carboxylic acids is 1. The highest BCUT2D eigenvalue weighted by Crippen LogP contribution is 2.32. The maximum Gasteiger partial charge on any atom is 0.416 e. The number of hydrogen-bond acceptors (Lipinski definition) is 3. The highest BCUT2D eigenvalue weighted by Gasteiger charge is 2.32. The van der Waals surface area contributed by atoms with Crippen molar-refractivity contribution in [2.45, 2.75) is 12.7 Å². The highest BCUT2D eigenvalue weighted by molar-refractivity contribution is 9.10. The Morgan fingerprint density at radius 3 is 2.54 bits per heavy atom. The Hall–Kier alpha value is -2.87. The van der Waals surface area contributed by atoms with Crippen LogP contribution in [-0.2, 0) is 12.7 Å². The second kappa shape index (κ2) is 8.43. The lowest BCUT2D eigenvalue weighted by Gasteiger charge is -2.14. The summed E-state index contributed by atoms with van der Waals surface area (Å²) in [5.74, 6) is 0.0276. The predicted octanol–water partition coefficient (Wildman–Crippen LogP) is 5.73. The molecule has 0 spiro atoms. The van der Waals surface area contributed by atoms with Crippen LogP contribution in [0.1, 0.15) is 21.5 Å². The molecule has 0 aliphatic carbocycles. The number of anilines is 2. The summed E-state index contributed by atoms with van der Waals surface area (Å²) < 4.78 is 40.0. The number of hydrogen-bond donors (Lipinski definition) is 2. The Balaban J connectivity index is 1.70. The third-order valence-corrected chi connectivity index (χ3v) is 4.37. The van der Waals surface area contributed by atoms with E-state index in [0.29, 0.717) is 17.1 Å². The highest BCUT2D eigenvalue weighted by atomic mass is 79.9. The summed E-state index contributed by atoms with van der Waals surface area (Å²) in [6.45, 7) is -0.0188. The van der Waals surface area contributed by atoms with E-state index in [1.807, 2.05) is 0 Å². The minimum Gasteiger partial charge on any atom is -0.381 e. The first-order valence-corrected chi connectivity index (χ1v) is 9.04. The molecule has 1 heterocycles. The van der Waals surface area contributed by atoms with Gasteiger partial charge in [-0.05, 0) is 57.9 Å². The molecular weight excluding hydrogens is 435 g/mol. The van der Waals surface area contributed by atoms with Gasteiger partial charge in [-0.15, -0.1) is 0 Å². The van der Waals surface area contributed by atoms with E-state index in [4.69, 9.17) is 0 Å². The molecular formula is C20H15BrF3N3O. The number of benzene rings is 2. The fourth-order valence-corrected chi connectivity index (χ4v) is 2.79. The molecule has 0 unspecified atom stereocenters. The quantitative estimate of drug-likeness (QED) is 0.523. The van der Waals surface area contributed by atoms with Crippen LogP contribution in [0.5, 0.6) is 0 Å². The third kappa shape index (κ3) is 5.10. The lowest BCUT2D eigenvalue weighted by atomic mass is 10.1. The molecule has 0 fully saturated rings. The summed E-state index contributed by atoms with van der Waals surface area (Å²) in [4.78, 5) is 16.4. The number of aromatic nitrogens is 1. The monoisotopic (exact) mass is 449 g/mol. The Bertz CT molecular complexity index is 975.